The van der Waals surface area contributed by atoms with Gasteiger partial charge in [-0.25, -0.2) is 0 Å². The highest BCUT2D eigenvalue weighted by Gasteiger charge is 2.23. The molecule has 2 N–H and O–H groups in total. The Balaban J connectivity index is 1.69. The first-order chi connectivity index (χ1) is 8.25. The zero-order valence-corrected chi connectivity index (χ0v) is 10.9. The molecule has 2 aliphatic rings. The summed E-state index contributed by atoms with van der Waals surface area (Å²) >= 11 is 0. The summed E-state index contributed by atoms with van der Waals surface area (Å²) in [5.74, 6) is 0.425. The van der Waals surface area contributed by atoms with Crippen LogP contribution in [0.15, 0.2) is 0 Å². The zero-order valence-electron chi connectivity index (χ0n) is 10.9. The van der Waals surface area contributed by atoms with Crippen LogP contribution in [0, 0.1) is 5.92 Å². The van der Waals surface area contributed by atoms with Crippen molar-refractivity contribution in [3.05, 3.63) is 0 Å². The van der Waals surface area contributed by atoms with E-state index in [1.807, 2.05) is 0 Å². The smallest absolute Gasteiger partial charge is 0.224 e. The summed E-state index contributed by atoms with van der Waals surface area (Å²) in [6.07, 6.45) is 4.79. The molecule has 4 heteroatoms. The summed E-state index contributed by atoms with van der Waals surface area (Å²) in [5.41, 5.74) is 0. The fraction of sp³-hybridized carbons (Fsp3) is 0.923. The summed E-state index contributed by atoms with van der Waals surface area (Å²) in [5, 5.41) is 6.45. The van der Waals surface area contributed by atoms with Crippen molar-refractivity contribution in [2.24, 2.45) is 5.92 Å². The van der Waals surface area contributed by atoms with Gasteiger partial charge in [0.1, 0.15) is 0 Å². The van der Waals surface area contributed by atoms with Crippen LogP contribution in [-0.2, 0) is 4.79 Å². The van der Waals surface area contributed by atoms with Crippen LogP contribution in [0.3, 0.4) is 0 Å². The van der Waals surface area contributed by atoms with E-state index in [1.165, 1.54) is 25.9 Å². The average Bonchev–Trinajstić information content (AvgIpc) is 2.82. The summed E-state index contributed by atoms with van der Waals surface area (Å²) in [7, 11) is 0. The van der Waals surface area contributed by atoms with Crippen LogP contribution in [0.1, 0.15) is 32.6 Å². The molecule has 4 nitrogen and oxygen atoms in total. The van der Waals surface area contributed by atoms with Crippen LogP contribution in [0.25, 0.3) is 0 Å². The fourth-order valence-electron chi connectivity index (χ4n) is 2.83. The molecule has 2 unspecified atom stereocenters. The highest BCUT2D eigenvalue weighted by atomic mass is 16.2. The van der Waals surface area contributed by atoms with Crippen molar-refractivity contribution < 1.29 is 4.79 Å². The molecule has 0 aromatic rings. The molecule has 2 fully saturated rings. The standard InChI is InChI=1S/C13H25N3O/c1-11(10-16-7-2-3-8-16)15-13(17)12-5-4-6-14-9-12/h11-12,14H,2-10H2,1H3,(H,15,17). The van der Waals surface area contributed by atoms with E-state index >= 15 is 0 Å². The third kappa shape index (κ3) is 3.96. The molecule has 0 aromatic heterocycles. The molecule has 0 aromatic carbocycles. The van der Waals surface area contributed by atoms with E-state index < -0.39 is 0 Å². The Labute approximate surface area is 104 Å². The number of carbonyl (C=O) groups excluding carboxylic acids is 1. The van der Waals surface area contributed by atoms with E-state index in [4.69, 9.17) is 0 Å². The average molecular weight is 239 g/mol. The van der Waals surface area contributed by atoms with Gasteiger partial charge in [0.05, 0.1) is 5.92 Å². The van der Waals surface area contributed by atoms with Crippen LogP contribution in [0.2, 0.25) is 0 Å². The van der Waals surface area contributed by atoms with Crippen molar-refractivity contribution in [3.8, 4) is 0 Å². The van der Waals surface area contributed by atoms with Crippen molar-refractivity contribution in [1.29, 1.82) is 0 Å². The molecule has 0 spiro atoms. The van der Waals surface area contributed by atoms with Gasteiger partial charge in [0.25, 0.3) is 0 Å². The molecule has 2 rings (SSSR count). The number of nitrogens with zero attached hydrogens (tertiary/aromatic N) is 1. The Morgan fingerprint density at radius 2 is 2.18 bits per heavy atom. The summed E-state index contributed by atoms with van der Waals surface area (Å²) in [6.45, 7) is 7.43. The van der Waals surface area contributed by atoms with Crippen LogP contribution in [0.4, 0.5) is 0 Å². The Kier molecular flexibility index (Phi) is 4.80. The van der Waals surface area contributed by atoms with E-state index in [2.05, 4.69) is 22.5 Å². The summed E-state index contributed by atoms with van der Waals surface area (Å²) in [4.78, 5) is 14.5. The van der Waals surface area contributed by atoms with Crippen molar-refractivity contribution in [2.75, 3.05) is 32.7 Å². The Bertz CT molecular complexity index is 245. The third-order valence-electron chi connectivity index (χ3n) is 3.79. The van der Waals surface area contributed by atoms with E-state index in [1.54, 1.807) is 0 Å². The van der Waals surface area contributed by atoms with Crippen LogP contribution in [0.5, 0.6) is 0 Å². The van der Waals surface area contributed by atoms with Crippen LogP contribution < -0.4 is 10.6 Å². The molecule has 0 radical (unpaired) electrons. The molecule has 2 atom stereocenters. The first-order valence-electron chi connectivity index (χ1n) is 6.99. The first kappa shape index (κ1) is 12.8. The number of likely N-dealkylation sites (tertiary alicyclic amines) is 1. The maximum Gasteiger partial charge on any atom is 0.224 e. The number of hydrogen-bond donors (Lipinski definition) is 2. The van der Waals surface area contributed by atoms with Gasteiger partial charge in [0, 0.05) is 19.1 Å². The van der Waals surface area contributed by atoms with Gasteiger partial charge in [-0.3, -0.25) is 4.79 Å². The van der Waals surface area contributed by atoms with Gasteiger partial charge in [0.15, 0.2) is 0 Å². The fourth-order valence-corrected chi connectivity index (χ4v) is 2.83. The number of amides is 1. The number of rotatable bonds is 4. The second kappa shape index (κ2) is 6.36. The summed E-state index contributed by atoms with van der Waals surface area (Å²) in [6, 6.07) is 0.280. The minimum Gasteiger partial charge on any atom is -0.352 e. The van der Waals surface area contributed by atoms with Crippen molar-refractivity contribution in [2.45, 2.75) is 38.6 Å². The lowest BCUT2D eigenvalue weighted by Gasteiger charge is -2.26. The molecule has 2 saturated heterocycles. The highest BCUT2D eigenvalue weighted by molar-refractivity contribution is 5.79. The van der Waals surface area contributed by atoms with Crippen LogP contribution in [-0.4, -0.2) is 49.6 Å². The number of nitrogens with one attached hydrogen (secondary N) is 2. The molecule has 1 amide bonds. The van der Waals surface area contributed by atoms with Gasteiger partial charge in [-0.1, -0.05) is 0 Å². The van der Waals surface area contributed by atoms with E-state index in [0.29, 0.717) is 0 Å². The number of piperidine rings is 1. The quantitative estimate of drug-likeness (QED) is 0.754. The van der Waals surface area contributed by atoms with Crippen molar-refractivity contribution >= 4 is 5.91 Å². The molecule has 0 aliphatic carbocycles. The predicted octanol–water partition coefficient (Wildman–Crippen LogP) is 0.587. The van der Waals surface area contributed by atoms with Gasteiger partial charge >= 0.3 is 0 Å². The SMILES string of the molecule is CC(CN1CCCC1)NC(=O)C1CCCNC1. The normalized spacial score (nSPS) is 27.9. The maximum absolute atomic E-state index is 12.0. The molecule has 0 bridgehead atoms. The maximum atomic E-state index is 12.0. The van der Waals surface area contributed by atoms with Gasteiger partial charge < -0.3 is 15.5 Å². The molecular weight excluding hydrogens is 214 g/mol. The van der Waals surface area contributed by atoms with E-state index in [9.17, 15) is 4.79 Å². The lowest BCUT2D eigenvalue weighted by atomic mass is 9.98. The third-order valence-corrected chi connectivity index (χ3v) is 3.79. The second-order valence-electron chi connectivity index (χ2n) is 5.46. The first-order valence-corrected chi connectivity index (χ1v) is 6.99. The lowest BCUT2D eigenvalue weighted by Crippen LogP contribution is -2.46. The Hall–Kier alpha value is -0.610. The van der Waals surface area contributed by atoms with Gasteiger partial charge in [-0.05, 0) is 52.2 Å². The van der Waals surface area contributed by atoms with Crippen LogP contribution >= 0.6 is 0 Å². The molecular formula is C13H25N3O. The second-order valence-corrected chi connectivity index (χ2v) is 5.46. The molecule has 17 heavy (non-hydrogen) atoms. The zero-order chi connectivity index (χ0) is 12.1. The number of carbonyl (C=O) groups is 1. The van der Waals surface area contributed by atoms with Gasteiger partial charge in [-0.2, -0.15) is 0 Å². The predicted molar refractivity (Wildman–Crippen MR) is 68.9 cm³/mol. The topological polar surface area (TPSA) is 44.4 Å². The van der Waals surface area contributed by atoms with Crippen molar-refractivity contribution in [3.63, 3.8) is 0 Å². The largest absolute Gasteiger partial charge is 0.352 e. The summed E-state index contributed by atoms with van der Waals surface area (Å²) < 4.78 is 0. The molecule has 0 saturated carbocycles. The number of hydrogen-bond acceptors (Lipinski definition) is 3. The minimum absolute atomic E-state index is 0.185. The Morgan fingerprint density at radius 3 is 2.82 bits per heavy atom. The highest BCUT2D eigenvalue weighted by Crippen LogP contribution is 2.11. The molecule has 2 heterocycles. The lowest BCUT2D eigenvalue weighted by molar-refractivity contribution is -0.126. The van der Waals surface area contributed by atoms with Gasteiger partial charge in [-0.15, -0.1) is 0 Å². The Morgan fingerprint density at radius 1 is 1.41 bits per heavy atom. The minimum atomic E-state index is 0.185. The molecule has 98 valence electrons. The monoisotopic (exact) mass is 239 g/mol. The van der Waals surface area contributed by atoms with E-state index in [0.717, 1.165) is 32.5 Å². The molecule has 2 aliphatic heterocycles. The van der Waals surface area contributed by atoms with Gasteiger partial charge in [0.2, 0.25) is 5.91 Å². The van der Waals surface area contributed by atoms with Crippen molar-refractivity contribution in [1.82, 2.24) is 15.5 Å². The van der Waals surface area contributed by atoms with E-state index in [-0.39, 0.29) is 17.9 Å².